The molecule has 1 atom stereocenters. The van der Waals surface area contributed by atoms with Gasteiger partial charge in [-0.2, -0.15) is 0 Å². The highest BCUT2D eigenvalue weighted by molar-refractivity contribution is 4.82. The second-order valence-corrected chi connectivity index (χ2v) is 6.01. The van der Waals surface area contributed by atoms with Crippen LogP contribution in [0.3, 0.4) is 0 Å². The Balaban J connectivity index is 2.27. The molecule has 0 heterocycles. The van der Waals surface area contributed by atoms with Gasteiger partial charge in [0.05, 0.1) is 6.10 Å². The average molecular weight is 213 g/mol. The van der Waals surface area contributed by atoms with Crippen molar-refractivity contribution in [3.63, 3.8) is 0 Å². The van der Waals surface area contributed by atoms with Crippen molar-refractivity contribution in [2.45, 2.75) is 65.0 Å². The Morgan fingerprint density at radius 1 is 1.33 bits per heavy atom. The van der Waals surface area contributed by atoms with E-state index in [1.54, 1.807) is 0 Å². The molecule has 0 aromatic heterocycles. The monoisotopic (exact) mass is 213 g/mol. The molecule has 0 amide bonds. The number of rotatable bonds is 4. The molecular weight excluding hydrogens is 186 g/mol. The molecule has 1 saturated carbocycles. The fraction of sp³-hybridized carbons (Fsp3) is 1.00. The fourth-order valence-corrected chi connectivity index (χ4v) is 2.40. The first-order valence-corrected chi connectivity index (χ1v) is 6.29. The van der Waals surface area contributed by atoms with Crippen molar-refractivity contribution in [3.8, 4) is 0 Å². The van der Waals surface area contributed by atoms with E-state index in [-0.39, 0.29) is 6.10 Å². The molecule has 0 radical (unpaired) electrons. The molecule has 0 spiro atoms. The van der Waals surface area contributed by atoms with Crippen molar-refractivity contribution >= 4 is 0 Å². The summed E-state index contributed by atoms with van der Waals surface area (Å²) in [5, 5.41) is 9.26. The van der Waals surface area contributed by atoms with Crippen LogP contribution in [0, 0.1) is 5.41 Å². The Morgan fingerprint density at radius 3 is 2.33 bits per heavy atom. The van der Waals surface area contributed by atoms with E-state index < -0.39 is 0 Å². The van der Waals surface area contributed by atoms with Gasteiger partial charge in [0.1, 0.15) is 0 Å². The third-order valence-corrected chi connectivity index (χ3v) is 3.83. The molecule has 0 saturated heterocycles. The second-order valence-electron chi connectivity index (χ2n) is 6.01. The van der Waals surface area contributed by atoms with Crippen LogP contribution in [0.15, 0.2) is 0 Å². The van der Waals surface area contributed by atoms with Crippen molar-refractivity contribution in [3.05, 3.63) is 0 Å². The van der Waals surface area contributed by atoms with Crippen LogP contribution in [-0.4, -0.2) is 35.7 Å². The predicted molar refractivity (Wildman–Crippen MR) is 65.0 cm³/mol. The normalized spacial score (nSPS) is 24.4. The van der Waals surface area contributed by atoms with Crippen molar-refractivity contribution in [1.29, 1.82) is 0 Å². The molecule has 90 valence electrons. The van der Waals surface area contributed by atoms with Gasteiger partial charge in [0.15, 0.2) is 0 Å². The molecule has 1 rings (SSSR count). The number of nitrogens with zero attached hydrogens (tertiary/aromatic N) is 1. The van der Waals surface area contributed by atoms with Gasteiger partial charge in [-0.15, -0.1) is 0 Å². The standard InChI is InChI=1S/C13H27NO/c1-11(15)7-10-14(4)12-5-8-13(2,3)9-6-12/h11-12,15H,5-10H2,1-4H3. The summed E-state index contributed by atoms with van der Waals surface area (Å²) in [6.07, 6.45) is 6.07. The van der Waals surface area contributed by atoms with Crippen molar-refractivity contribution < 1.29 is 5.11 Å². The van der Waals surface area contributed by atoms with Gasteiger partial charge in [-0.3, -0.25) is 0 Å². The van der Waals surface area contributed by atoms with Gasteiger partial charge in [-0.25, -0.2) is 0 Å². The lowest BCUT2D eigenvalue weighted by Crippen LogP contribution is -2.38. The maximum atomic E-state index is 9.26. The van der Waals surface area contributed by atoms with Crippen LogP contribution in [0.1, 0.15) is 52.9 Å². The second kappa shape index (κ2) is 5.31. The topological polar surface area (TPSA) is 23.5 Å². The average Bonchev–Trinajstić information content (AvgIpc) is 2.14. The minimum Gasteiger partial charge on any atom is -0.393 e. The Hall–Kier alpha value is -0.0800. The third kappa shape index (κ3) is 4.52. The Morgan fingerprint density at radius 2 is 1.87 bits per heavy atom. The quantitative estimate of drug-likeness (QED) is 0.776. The molecule has 0 bridgehead atoms. The van der Waals surface area contributed by atoms with Gasteiger partial charge < -0.3 is 10.0 Å². The molecular formula is C13H27NO. The van der Waals surface area contributed by atoms with Crippen LogP contribution in [0.25, 0.3) is 0 Å². The summed E-state index contributed by atoms with van der Waals surface area (Å²) in [6.45, 7) is 7.65. The molecule has 2 nitrogen and oxygen atoms in total. The zero-order valence-corrected chi connectivity index (χ0v) is 10.8. The highest BCUT2D eigenvalue weighted by atomic mass is 16.3. The van der Waals surface area contributed by atoms with Gasteiger partial charge in [0.2, 0.25) is 0 Å². The first-order chi connectivity index (χ1) is 6.91. The van der Waals surface area contributed by atoms with Gasteiger partial charge in [0.25, 0.3) is 0 Å². The van der Waals surface area contributed by atoms with Crippen molar-refractivity contribution in [2.75, 3.05) is 13.6 Å². The van der Waals surface area contributed by atoms with Crippen LogP contribution in [0.5, 0.6) is 0 Å². The number of hydrogen-bond acceptors (Lipinski definition) is 2. The Bertz CT molecular complexity index is 179. The molecule has 1 unspecified atom stereocenters. The summed E-state index contributed by atoms with van der Waals surface area (Å²) in [5.41, 5.74) is 0.557. The SMILES string of the molecule is CC(O)CCN(C)C1CCC(C)(C)CC1. The van der Waals surface area contributed by atoms with Gasteiger partial charge in [-0.05, 0) is 51.5 Å². The smallest absolute Gasteiger partial charge is 0.0524 e. The molecule has 0 aromatic rings. The van der Waals surface area contributed by atoms with Crippen LogP contribution >= 0.6 is 0 Å². The van der Waals surface area contributed by atoms with Crippen LogP contribution in [0.2, 0.25) is 0 Å². The van der Waals surface area contributed by atoms with E-state index in [0.29, 0.717) is 5.41 Å². The molecule has 1 aliphatic carbocycles. The zero-order chi connectivity index (χ0) is 11.5. The van der Waals surface area contributed by atoms with Crippen LogP contribution in [-0.2, 0) is 0 Å². The summed E-state index contributed by atoms with van der Waals surface area (Å²) >= 11 is 0. The summed E-state index contributed by atoms with van der Waals surface area (Å²) in [5.74, 6) is 0. The summed E-state index contributed by atoms with van der Waals surface area (Å²) in [7, 11) is 2.20. The van der Waals surface area contributed by atoms with Crippen molar-refractivity contribution in [1.82, 2.24) is 4.90 Å². The number of aliphatic hydroxyl groups is 1. The maximum absolute atomic E-state index is 9.26. The minimum atomic E-state index is -0.160. The van der Waals surface area contributed by atoms with E-state index in [1.165, 1.54) is 25.7 Å². The molecule has 1 N–H and O–H groups in total. The summed E-state index contributed by atoms with van der Waals surface area (Å²) < 4.78 is 0. The lowest BCUT2D eigenvalue weighted by atomic mass is 9.75. The first kappa shape index (κ1) is 13.0. The summed E-state index contributed by atoms with van der Waals surface area (Å²) in [6, 6.07) is 0.747. The zero-order valence-electron chi connectivity index (χ0n) is 10.8. The summed E-state index contributed by atoms with van der Waals surface area (Å²) in [4.78, 5) is 2.43. The van der Waals surface area contributed by atoms with Crippen molar-refractivity contribution in [2.24, 2.45) is 5.41 Å². The largest absolute Gasteiger partial charge is 0.393 e. The van der Waals surface area contributed by atoms with Crippen LogP contribution < -0.4 is 0 Å². The first-order valence-electron chi connectivity index (χ1n) is 6.29. The number of hydrogen-bond donors (Lipinski definition) is 1. The lowest BCUT2D eigenvalue weighted by Gasteiger charge is -2.38. The molecule has 2 heteroatoms. The predicted octanol–water partition coefficient (Wildman–Crippen LogP) is 2.66. The third-order valence-electron chi connectivity index (χ3n) is 3.83. The maximum Gasteiger partial charge on any atom is 0.0524 e. The molecule has 15 heavy (non-hydrogen) atoms. The van der Waals surface area contributed by atoms with E-state index in [0.717, 1.165) is 19.0 Å². The van der Waals surface area contributed by atoms with E-state index in [9.17, 15) is 5.11 Å². The van der Waals surface area contributed by atoms with E-state index in [4.69, 9.17) is 0 Å². The lowest BCUT2D eigenvalue weighted by molar-refractivity contribution is 0.106. The Labute approximate surface area is 94.7 Å². The van der Waals surface area contributed by atoms with Gasteiger partial charge >= 0.3 is 0 Å². The molecule has 1 fully saturated rings. The van der Waals surface area contributed by atoms with E-state index in [2.05, 4.69) is 25.8 Å². The van der Waals surface area contributed by atoms with E-state index >= 15 is 0 Å². The van der Waals surface area contributed by atoms with Gasteiger partial charge in [-0.1, -0.05) is 13.8 Å². The molecule has 0 aliphatic heterocycles. The highest BCUT2D eigenvalue weighted by Gasteiger charge is 2.28. The Kier molecular flexibility index (Phi) is 4.60. The molecule has 0 aromatic carbocycles. The molecule has 1 aliphatic rings. The number of aliphatic hydroxyl groups excluding tert-OH is 1. The van der Waals surface area contributed by atoms with Gasteiger partial charge in [0, 0.05) is 12.6 Å². The fourth-order valence-electron chi connectivity index (χ4n) is 2.40. The van der Waals surface area contributed by atoms with E-state index in [1.807, 2.05) is 6.92 Å². The minimum absolute atomic E-state index is 0.160. The van der Waals surface area contributed by atoms with Crippen LogP contribution in [0.4, 0.5) is 0 Å². The highest BCUT2D eigenvalue weighted by Crippen LogP contribution is 2.36.